The lowest BCUT2D eigenvalue weighted by Crippen LogP contribution is -2.21. The molecule has 2 rings (SSSR count). The molecule has 1 saturated heterocycles. The summed E-state index contributed by atoms with van der Waals surface area (Å²) in [7, 11) is 0. The number of nitrogens with one attached hydrogen (secondary N) is 2. The fourth-order valence-corrected chi connectivity index (χ4v) is 1.42. The van der Waals surface area contributed by atoms with Gasteiger partial charge in [0.1, 0.15) is 0 Å². The molecule has 1 heterocycles. The highest BCUT2D eigenvalue weighted by Gasteiger charge is 2.14. The largest absolute Gasteiger partial charge is 0.257 e. The molecule has 1 aromatic carbocycles. The van der Waals surface area contributed by atoms with Crippen LogP contribution in [-0.4, -0.2) is 13.1 Å². The molecule has 66 valence electrons. The Morgan fingerprint density at radius 1 is 1.00 bits per heavy atom. The van der Waals surface area contributed by atoms with Gasteiger partial charge in [-0.15, -0.1) is 12.4 Å². The van der Waals surface area contributed by atoms with Gasteiger partial charge in [-0.05, 0) is 5.56 Å². The van der Waals surface area contributed by atoms with Crippen molar-refractivity contribution in [3.05, 3.63) is 35.9 Å². The van der Waals surface area contributed by atoms with Crippen molar-refractivity contribution in [2.24, 2.45) is 0 Å². The highest BCUT2D eigenvalue weighted by atomic mass is 35.5. The highest BCUT2D eigenvalue weighted by Crippen LogP contribution is 2.15. The molecule has 0 aliphatic carbocycles. The number of hydrogen-bond acceptors (Lipinski definition) is 2. The minimum atomic E-state index is 0. The highest BCUT2D eigenvalue weighted by molar-refractivity contribution is 5.85. The minimum Gasteiger partial charge on any atom is -0.257 e. The van der Waals surface area contributed by atoms with E-state index in [1.165, 1.54) is 5.56 Å². The van der Waals surface area contributed by atoms with Crippen LogP contribution in [0.1, 0.15) is 11.5 Å². The Morgan fingerprint density at radius 2 is 1.58 bits per heavy atom. The van der Waals surface area contributed by atoms with Gasteiger partial charge in [-0.1, -0.05) is 30.3 Å². The molecule has 0 amide bonds. The van der Waals surface area contributed by atoms with Crippen LogP contribution < -0.4 is 10.9 Å². The summed E-state index contributed by atoms with van der Waals surface area (Å²) in [4.78, 5) is 0. The fourth-order valence-electron chi connectivity index (χ4n) is 1.42. The Labute approximate surface area is 78.7 Å². The number of hydrazine groups is 1. The molecule has 1 aromatic rings. The van der Waals surface area contributed by atoms with Crippen LogP contribution in [0, 0.1) is 0 Å². The SMILES string of the molecule is Cl.c1ccc(C2CNNC2)cc1. The molecule has 0 atom stereocenters. The maximum atomic E-state index is 3.12. The summed E-state index contributed by atoms with van der Waals surface area (Å²) in [6.45, 7) is 2.09. The third kappa shape index (κ3) is 1.97. The Kier molecular flexibility index (Phi) is 3.53. The summed E-state index contributed by atoms with van der Waals surface area (Å²) in [5.74, 6) is 0.649. The molecular formula is C9H13ClN2. The smallest absolute Gasteiger partial charge is 0.0181 e. The minimum absolute atomic E-state index is 0. The molecule has 0 bridgehead atoms. The maximum Gasteiger partial charge on any atom is 0.0181 e. The third-order valence-corrected chi connectivity index (χ3v) is 2.09. The van der Waals surface area contributed by atoms with Crippen LogP contribution in [0.5, 0.6) is 0 Å². The van der Waals surface area contributed by atoms with Crippen molar-refractivity contribution in [3.63, 3.8) is 0 Å². The van der Waals surface area contributed by atoms with E-state index in [0.29, 0.717) is 5.92 Å². The lowest BCUT2D eigenvalue weighted by Gasteiger charge is -2.05. The first-order valence-corrected chi connectivity index (χ1v) is 3.97. The average Bonchev–Trinajstić information content (AvgIpc) is 2.58. The summed E-state index contributed by atoms with van der Waals surface area (Å²) < 4.78 is 0. The van der Waals surface area contributed by atoms with Crippen molar-refractivity contribution in [3.8, 4) is 0 Å². The normalized spacial score (nSPS) is 17.3. The topological polar surface area (TPSA) is 24.1 Å². The van der Waals surface area contributed by atoms with Gasteiger partial charge in [-0.3, -0.25) is 10.9 Å². The van der Waals surface area contributed by atoms with Crippen LogP contribution >= 0.6 is 12.4 Å². The van der Waals surface area contributed by atoms with Gasteiger partial charge in [-0.25, -0.2) is 0 Å². The molecule has 0 unspecified atom stereocenters. The lowest BCUT2D eigenvalue weighted by molar-refractivity contribution is 0.689. The number of halogens is 1. The summed E-state index contributed by atoms with van der Waals surface area (Å²) >= 11 is 0. The third-order valence-electron chi connectivity index (χ3n) is 2.09. The number of hydrogen-bond donors (Lipinski definition) is 2. The van der Waals surface area contributed by atoms with Crippen LogP contribution in [0.25, 0.3) is 0 Å². The summed E-state index contributed by atoms with van der Waals surface area (Å²) in [6, 6.07) is 10.6. The zero-order chi connectivity index (χ0) is 7.52. The van der Waals surface area contributed by atoms with Gasteiger partial charge in [0.05, 0.1) is 0 Å². The molecule has 0 saturated carbocycles. The molecule has 1 aliphatic heterocycles. The standard InChI is InChI=1S/C9H12N2.ClH/c1-2-4-8(5-3-1)9-6-10-11-7-9;/h1-5,9-11H,6-7H2;1H. The first kappa shape index (κ1) is 9.52. The van der Waals surface area contributed by atoms with Crippen molar-refractivity contribution in [1.29, 1.82) is 0 Å². The molecule has 0 spiro atoms. The van der Waals surface area contributed by atoms with Crippen LogP contribution in [0.4, 0.5) is 0 Å². The van der Waals surface area contributed by atoms with Gasteiger partial charge in [0, 0.05) is 19.0 Å². The molecule has 0 radical (unpaired) electrons. The first-order valence-electron chi connectivity index (χ1n) is 3.97. The van der Waals surface area contributed by atoms with Crippen LogP contribution in [-0.2, 0) is 0 Å². The molecule has 2 nitrogen and oxygen atoms in total. The van der Waals surface area contributed by atoms with Crippen molar-refractivity contribution < 1.29 is 0 Å². The molecule has 12 heavy (non-hydrogen) atoms. The van der Waals surface area contributed by atoms with Crippen molar-refractivity contribution >= 4 is 12.4 Å². The van der Waals surface area contributed by atoms with Gasteiger partial charge in [0.25, 0.3) is 0 Å². The van der Waals surface area contributed by atoms with E-state index in [1.54, 1.807) is 0 Å². The van der Waals surface area contributed by atoms with E-state index in [9.17, 15) is 0 Å². The van der Waals surface area contributed by atoms with Gasteiger partial charge in [0.15, 0.2) is 0 Å². The van der Waals surface area contributed by atoms with Crippen LogP contribution in [0.3, 0.4) is 0 Å². The molecule has 1 fully saturated rings. The van der Waals surface area contributed by atoms with E-state index in [2.05, 4.69) is 41.2 Å². The predicted octanol–water partition coefficient (Wildman–Crippen LogP) is 1.30. The van der Waals surface area contributed by atoms with Gasteiger partial charge in [-0.2, -0.15) is 0 Å². The van der Waals surface area contributed by atoms with E-state index in [4.69, 9.17) is 0 Å². The summed E-state index contributed by atoms with van der Waals surface area (Å²) in [6.07, 6.45) is 0. The van der Waals surface area contributed by atoms with E-state index in [0.717, 1.165) is 13.1 Å². The monoisotopic (exact) mass is 184 g/mol. The van der Waals surface area contributed by atoms with E-state index in [-0.39, 0.29) is 12.4 Å². The molecule has 1 aliphatic rings. The second-order valence-corrected chi connectivity index (χ2v) is 2.87. The van der Waals surface area contributed by atoms with Gasteiger partial charge in [0.2, 0.25) is 0 Å². The summed E-state index contributed by atoms with van der Waals surface area (Å²) in [5.41, 5.74) is 7.66. The van der Waals surface area contributed by atoms with Crippen molar-refractivity contribution in [2.45, 2.75) is 5.92 Å². The lowest BCUT2D eigenvalue weighted by atomic mass is 10.0. The van der Waals surface area contributed by atoms with Gasteiger partial charge >= 0.3 is 0 Å². The number of benzene rings is 1. The average molecular weight is 185 g/mol. The predicted molar refractivity (Wildman–Crippen MR) is 52.4 cm³/mol. The molecule has 0 aromatic heterocycles. The quantitative estimate of drug-likeness (QED) is 0.688. The van der Waals surface area contributed by atoms with E-state index >= 15 is 0 Å². The fraction of sp³-hybridized carbons (Fsp3) is 0.333. The van der Waals surface area contributed by atoms with Crippen LogP contribution in [0.15, 0.2) is 30.3 Å². The zero-order valence-corrected chi connectivity index (χ0v) is 7.60. The molecule has 3 heteroatoms. The van der Waals surface area contributed by atoms with Crippen molar-refractivity contribution in [1.82, 2.24) is 10.9 Å². The maximum absolute atomic E-state index is 3.12. The molecule has 2 N–H and O–H groups in total. The Morgan fingerprint density at radius 3 is 2.17 bits per heavy atom. The zero-order valence-electron chi connectivity index (χ0n) is 6.79. The first-order chi connectivity index (χ1) is 5.47. The second-order valence-electron chi connectivity index (χ2n) is 2.87. The van der Waals surface area contributed by atoms with E-state index in [1.807, 2.05) is 0 Å². The Balaban J connectivity index is 0.000000720. The molecular weight excluding hydrogens is 172 g/mol. The summed E-state index contributed by atoms with van der Waals surface area (Å²) in [5, 5.41) is 0. The second kappa shape index (κ2) is 4.45. The Hall–Kier alpha value is -0.570. The van der Waals surface area contributed by atoms with E-state index < -0.39 is 0 Å². The van der Waals surface area contributed by atoms with Crippen molar-refractivity contribution in [2.75, 3.05) is 13.1 Å². The van der Waals surface area contributed by atoms with Gasteiger partial charge < -0.3 is 0 Å². The Bertz CT molecular complexity index is 219. The van der Waals surface area contributed by atoms with Crippen LogP contribution in [0.2, 0.25) is 0 Å². The number of rotatable bonds is 1.